The Labute approximate surface area is 118 Å². The third-order valence-electron chi connectivity index (χ3n) is 2.92. The summed E-state index contributed by atoms with van der Waals surface area (Å²) in [5, 5.41) is 2.84. The zero-order valence-corrected chi connectivity index (χ0v) is 11.7. The maximum absolute atomic E-state index is 12.3. The summed E-state index contributed by atoms with van der Waals surface area (Å²) in [6.07, 6.45) is 3.45. The number of pyridine rings is 2. The van der Waals surface area contributed by atoms with Crippen LogP contribution in [0.4, 0.5) is 11.5 Å². The van der Waals surface area contributed by atoms with Crippen LogP contribution in [0.3, 0.4) is 0 Å². The number of nitrogen functional groups attached to an aromatic ring is 1. The first-order chi connectivity index (χ1) is 9.60. The molecule has 104 valence electrons. The second kappa shape index (κ2) is 6.14. The van der Waals surface area contributed by atoms with E-state index in [1.165, 1.54) is 0 Å². The molecule has 0 unspecified atom stereocenters. The first-order valence-electron chi connectivity index (χ1n) is 6.59. The summed E-state index contributed by atoms with van der Waals surface area (Å²) >= 11 is 0. The highest BCUT2D eigenvalue weighted by molar-refractivity contribution is 6.04. The van der Waals surface area contributed by atoms with Gasteiger partial charge in [0.25, 0.3) is 5.91 Å². The Balaban J connectivity index is 2.23. The molecule has 2 heterocycles. The van der Waals surface area contributed by atoms with Gasteiger partial charge in [-0.1, -0.05) is 13.3 Å². The van der Waals surface area contributed by atoms with Crippen molar-refractivity contribution in [2.24, 2.45) is 0 Å². The lowest BCUT2D eigenvalue weighted by Crippen LogP contribution is -2.14. The van der Waals surface area contributed by atoms with Gasteiger partial charge in [-0.3, -0.25) is 9.78 Å². The highest BCUT2D eigenvalue weighted by Gasteiger charge is 2.10. The molecule has 0 aliphatic heterocycles. The van der Waals surface area contributed by atoms with Crippen molar-refractivity contribution in [2.45, 2.75) is 26.7 Å². The molecule has 0 aliphatic rings. The Morgan fingerprint density at radius 2 is 2.20 bits per heavy atom. The third-order valence-corrected chi connectivity index (χ3v) is 2.92. The van der Waals surface area contributed by atoms with Crippen molar-refractivity contribution in [1.29, 1.82) is 0 Å². The van der Waals surface area contributed by atoms with E-state index in [0.717, 1.165) is 24.2 Å². The van der Waals surface area contributed by atoms with E-state index in [1.807, 2.05) is 13.0 Å². The van der Waals surface area contributed by atoms with Gasteiger partial charge >= 0.3 is 0 Å². The standard InChI is InChI=1S/C15H18N4O/c1-3-5-12-8-11(9-14(16)18-12)15(20)19-13-6-4-7-17-10(13)2/h4,6-9H,3,5H2,1-2H3,(H2,16,18)(H,19,20). The molecule has 0 saturated carbocycles. The molecule has 2 aromatic rings. The van der Waals surface area contributed by atoms with Crippen LogP contribution < -0.4 is 11.1 Å². The van der Waals surface area contributed by atoms with Crippen molar-refractivity contribution in [2.75, 3.05) is 11.1 Å². The summed E-state index contributed by atoms with van der Waals surface area (Å²) in [5.41, 5.74) is 8.57. The molecule has 1 amide bonds. The quantitative estimate of drug-likeness (QED) is 0.894. The molecule has 0 aliphatic carbocycles. The minimum atomic E-state index is -0.201. The Morgan fingerprint density at radius 1 is 1.40 bits per heavy atom. The van der Waals surface area contributed by atoms with E-state index in [1.54, 1.807) is 24.4 Å². The fraction of sp³-hybridized carbons (Fsp3) is 0.267. The zero-order chi connectivity index (χ0) is 14.5. The highest BCUT2D eigenvalue weighted by atomic mass is 16.1. The summed E-state index contributed by atoms with van der Waals surface area (Å²) in [5.74, 6) is 0.163. The van der Waals surface area contributed by atoms with Gasteiger partial charge in [0.15, 0.2) is 0 Å². The van der Waals surface area contributed by atoms with Gasteiger partial charge in [-0.05, 0) is 37.6 Å². The second-order valence-electron chi connectivity index (χ2n) is 4.61. The first kappa shape index (κ1) is 14.0. The van der Waals surface area contributed by atoms with E-state index in [-0.39, 0.29) is 5.91 Å². The molecule has 0 radical (unpaired) electrons. The second-order valence-corrected chi connectivity index (χ2v) is 4.61. The molecule has 3 N–H and O–H groups in total. The Morgan fingerprint density at radius 3 is 2.90 bits per heavy atom. The van der Waals surface area contributed by atoms with Crippen molar-refractivity contribution in [3.8, 4) is 0 Å². The lowest BCUT2D eigenvalue weighted by atomic mass is 10.1. The number of amides is 1. The monoisotopic (exact) mass is 270 g/mol. The molecular weight excluding hydrogens is 252 g/mol. The molecule has 0 saturated heterocycles. The Kier molecular flexibility index (Phi) is 4.30. The number of anilines is 2. The number of nitrogens with one attached hydrogen (secondary N) is 1. The van der Waals surface area contributed by atoms with Crippen LogP contribution in [0, 0.1) is 6.92 Å². The molecule has 0 spiro atoms. The van der Waals surface area contributed by atoms with Crippen LogP contribution >= 0.6 is 0 Å². The molecule has 0 aromatic carbocycles. The van der Waals surface area contributed by atoms with E-state index >= 15 is 0 Å². The van der Waals surface area contributed by atoms with Crippen molar-refractivity contribution in [3.05, 3.63) is 47.4 Å². The predicted octanol–water partition coefficient (Wildman–Crippen LogP) is 2.57. The normalized spacial score (nSPS) is 10.3. The third kappa shape index (κ3) is 3.32. The topological polar surface area (TPSA) is 80.9 Å². The van der Waals surface area contributed by atoms with Gasteiger partial charge in [-0.15, -0.1) is 0 Å². The van der Waals surface area contributed by atoms with Crippen molar-refractivity contribution in [3.63, 3.8) is 0 Å². The Bertz CT molecular complexity index is 625. The van der Waals surface area contributed by atoms with Gasteiger partial charge in [-0.2, -0.15) is 0 Å². The van der Waals surface area contributed by atoms with Crippen LogP contribution in [0.2, 0.25) is 0 Å². The van der Waals surface area contributed by atoms with Gasteiger partial charge in [0, 0.05) is 17.5 Å². The highest BCUT2D eigenvalue weighted by Crippen LogP contribution is 2.15. The molecule has 0 fully saturated rings. The van der Waals surface area contributed by atoms with Crippen molar-refractivity contribution < 1.29 is 4.79 Å². The molecule has 2 rings (SSSR count). The first-order valence-corrected chi connectivity index (χ1v) is 6.59. The van der Waals surface area contributed by atoms with Crippen molar-refractivity contribution >= 4 is 17.4 Å². The predicted molar refractivity (Wildman–Crippen MR) is 79.6 cm³/mol. The fourth-order valence-corrected chi connectivity index (χ4v) is 1.94. The number of carbonyl (C=O) groups is 1. The number of rotatable bonds is 4. The van der Waals surface area contributed by atoms with Crippen LogP contribution in [0.25, 0.3) is 0 Å². The lowest BCUT2D eigenvalue weighted by molar-refractivity contribution is 0.102. The molecule has 2 aromatic heterocycles. The number of nitrogens with two attached hydrogens (primary N) is 1. The number of carbonyl (C=O) groups excluding carboxylic acids is 1. The van der Waals surface area contributed by atoms with Crippen LogP contribution in [-0.2, 0) is 6.42 Å². The molecule has 5 nitrogen and oxygen atoms in total. The lowest BCUT2D eigenvalue weighted by Gasteiger charge is -2.09. The van der Waals surface area contributed by atoms with Crippen molar-refractivity contribution in [1.82, 2.24) is 9.97 Å². The summed E-state index contributed by atoms with van der Waals surface area (Å²) in [6.45, 7) is 3.91. The summed E-state index contributed by atoms with van der Waals surface area (Å²) in [4.78, 5) is 20.6. The van der Waals surface area contributed by atoms with E-state index in [4.69, 9.17) is 5.73 Å². The average molecular weight is 270 g/mol. The van der Waals surface area contributed by atoms with Crippen LogP contribution in [-0.4, -0.2) is 15.9 Å². The molecule has 0 atom stereocenters. The number of nitrogens with zero attached hydrogens (tertiary/aromatic N) is 2. The van der Waals surface area contributed by atoms with Gasteiger partial charge in [0.05, 0.1) is 11.4 Å². The molecule has 5 heteroatoms. The molecule has 0 bridgehead atoms. The summed E-state index contributed by atoms with van der Waals surface area (Å²) in [6, 6.07) is 6.96. The molecule has 20 heavy (non-hydrogen) atoms. The number of aromatic nitrogens is 2. The van der Waals surface area contributed by atoms with Crippen LogP contribution in [0.5, 0.6) is 0 Å². The average Bonchev–Trinajstić information content (AvgIpc) is 2.41. The number of aryl methyl sites for hydroxylation is 2. The zero-order valence-electron chi connectivity index (χ0n) is 11.7. The fourth-order valence-electron chi connectivity index (χ4n) is 1.94. The number of hydrogen-bond donors (Lipinski definition) is 2. The van der Waals surface area contributed by atoms with Crippen LogP contribution in [0.15, 0.2) is 30.5 Å². The number of hydrogen-bond acceptors (Lipinski definition) is 4. The maximum atomic E-state index is 12.3. The van der Waals surface area contributed by atoms with Gasteiger partial charge in [0.2, 0.25) is 0 Å². The minimum Gasteiger partial charge on any atom is -0.384 e. The summed E-state index contributed by atoms with van der Waals surface area (Å²) < 4.78 is 0. The summed E-state index contributed by atoms with van der Waals surface area (Å²) in [7, 11) is 0. The molecular formula is C15H18N4O. The van der Waals surface area contributed by atoms with E-state index in [9.17, 15) is 4.79 Å². The van der Waals surface area contributed by atoms with Gasteiger partial charge in [0.1, 0.15) is 5.82 Å². The smallest absolute Gasteiger partial charge is 0.255 e. The van der Waals surface area contributed by atoms with Crippen LogP contribution in [0.1, 0.15) is 35.1 Å². The van der Waals surface area contributed by atoms with E-state index in [0.29, 0.717) is 17.1 Å². The SMILES string of the molecule is CCCc1cc(C(=O)Nc2cccnc2C)cc(N)n1. The maximum Gasteiger partial charge on any atom is 0.255 e. The minimum absolute atomic E-state index is 0.201. The van der Waals surface area contributed by atoms with E-state index in [2.05, 4.69) is 22.2 Å². The Hall–Kier alpha value is -2.43. The van der Waals surface area contributed by atoms with Gasteiger partial charge < -0.3 is 11.1 Å². The van der Waals surface area contributed by atoms with Gasteiger partial charge in [-0.25, -0.2) is 4.98 Å². The van der Waals surface area contributed by atoms with E-state index < -0.39 is 0 Å². The largest absolute Gasteiger partial charge is 0.384 e.